The highest BCUT2D eigenvalue weighted by Crippen LogP contribution is 2.36. The van der Waals surface area contributed by atoms with Gasteiger partial charge in [0.2, 0.25) is 0 Å². The number of thiophene rings is 1. The number of amides is 1. The van der Waals surface area contributed by atoms with Crippen LogP contribution in [0.4, 0.5) is 5.69 Å². The number of nitrogens with zero attached hydrogens (tertiary/aromatic N) is 1. The van der Waals surface area contributed by atoms with Gasteiger partial charge in [0.1, 0.15) is 32.7 Å². The maximum Gasteiger partial charge on any atom is 0.263 e. The number of quaternary nitrogens is 2. The summed E-state index contributed by atoms with van der Waals surface area (Å²) in [7, 11) is 0. The van der Waals surface area contributed by atoms with Crippen LogP contribution in [0.5, 0.6) is 0 Å². The zero-order valence-corrected chi connectivity index (χ0v) is 15.5. The Morgan fingerprint density at radius 3 is 2.50 bits per heavy atom. The van der Waals surface area contributed by atoms with Gasteiger partial charge in [0.25, 0.3) is 5.91 Å². The molecule has 0 saturated carbocycles. The summed E-state index contributed by atoms with van der Waals surface area (Å²) in [5, 5.41) is 6.71. The molecule has 1 aromatic heterocycles. The Morgan fingerprint density at radius 1 is 0.962 bits per heavy atom. The maximum absolute atomic E-state index is 12.9. The van der Waals surface area contributed by atoms with Crippen molar-refractivity contribution in [2.75, 3.05) is 37.7 Å². The molecule has 3 aromatic rings. The zero-order valence-electron chi connectivity index (χ0n) is 14.7. The summed E-state index contributed by atoms with van der Waals surface area (Å²) in [5.41, 5.74) is 3.40. The molecule has 2 aromatic carbocycles. The Morgan fingerprint density at radius 2 is 1.73 bits per heavy atom. The van der Waals surface area contributed by atoms with Crippen molar-refractivity contribution >= 4 is 33.7 Å². The van der Waals surface area contributed by atoms with E-state index in [9.17, 15) is 4.79 Å². The van der Waals surface area contributed by atoms with Gasteiger partial charge in [0.05, 0.1) is 11.3 Å². The topological polar surface area (TPSA) is 29.2 Å². The predicted octanol–water partition coefficient (Wildman–Crippen LogP) is 0.803. The highest BCUT2D eigenvalue weighted by molar-refractivity contribution is 7.07. The molecule has 1 saturated heterocycles. The van der Waals surface area contributed by atoms with Crippen LogP contribution in [0.15, 0.2) is 53.2 Å². The van der Waals surface area contributed by atoms with E-state index in [2.05, 4.69) is 41.1 Å². The number of hydrogen-bond donors (Lipinski definition) is 2. The number of anilines is 1. The van der Waals surface area contributed by atoms with E-state index in [0.717, 1.165) is 48.3 Å². The van der Waals surface area contributed by atoms with Crippen molar-refractivity contribution in [2.45, 2.75) is 6.54 Å². The summed E-state index contributed by atoms with van der Waals surface area (Å²) in [6.07, 6.45) is 0. The van der Waals surface area contributed by atoms with E-state index in [1.165, 1.54) is 23.6 Å². The van der Waals surface area contributed by atoms with Crippen LogP contribution in [0.2, 0.25) is 0 Å². The van der Waals surface area contributed by atoms with Gasteiger partial charge in [-0.15, -0.1) is 0 Å². The third-order valence-electron chi connectivity index (χ3n) is 5.73. The van der Waals surface area contributed by atoms with Gasteiger partial charge < -0.3 is 9.80 Å². The van der Waals surface area contributed by atoms with E-state index in [1.54, 1.807) is 16.2 Å². The van der Waals surface area contributed by atoms with E-state index in [4.69, 9.17) is 0 Å². The monoisotopic (exact) mass is 365 g/mol. The fraction of sp³-hybridized carbons (Fsp3) is 0.286. The van der Waals surface area contributed by atoms with Crippen LogP contribution in [0, 0.1) is 0 Å². The lowest BCUT2D eigenvalue weighted by molar-refractivity contribution is -1.02. The molecule has 1 fully saturated rings. The average molecular weight is 366 g/mol. The number of rotatable bonds is 4. The van der Waals surface area contributed by atoms with E-state index in [0.29, 0.717) is 0 Å². The highest BCUT2D eigenvalue weighted by Gasteiger charge is 2.33. The van der Waals surface area contributed by atoms with Crippen molar-refractivity contribution in [3.8, 4) is 0 Å². The van der Waals surface area contributed by atoms with Gasteiger partial charge in [-0.2, -0.15) is 11.3 Å². The van der Waals surface area contributed by atoms with Gasteiger partial charge in [0, 0.05) is 10.9 Å². The average Bonchev–Trinajstić information content (AvgIpc) is 3.27. The van der Waals surface area contributed by atoms with E-state index >= 15 is 0 Å². The summed E-state index contributed by atoms with van der Waals surface area (Å²) in [6.45, 7) is 6.49. The second kappa shape index (κ2) is 6.50. The summed E-state index contributed by atoms with van der Waals surface area (Å²) in [4.78, 5) is 18.1. The molecule has 0 bridgehead atoms. The van der Waals surface area contributed by atoms with Crippen LogP contribution in [-0.2, 0) is 6.54 Å². The van der Waals surface area contributed by atoms with Crippen LogP contribution >= 0.6 is 11.3 Å². The Hall–Kier alpha value is -2.21. The summed E-state index contributed by atoms with van der Waals surface area (Å²) in [6, 6.07) is 14.5. The molecule has 0 atom stereocenters. The van der Waals surface area contributed by atoms with Crippen molar-refractivity contribution < 1.29 is 14.6 Å². The number of piperazine rings is 1. The molecule has 0 aliphatic carbocycles. The molecule has 1 amide bonds. The molecule has 5 heteroatoms. The van der Waals surface area contributed by atoms with Crippen LogP contribution in [0.3, 0.4) is 0 Å². The molecule has 2 aliphatic rings. The fourth-order valence-corrected chi connectivity index (χ4v) is 5.00. The number of nitrogens with one attached hydrogen (secondary N) is 2. The number of carbonyl (C=O) groups is 1. The molecule has 26 heavy (non-hydrogen) atoms. The number of carbonyl (C=O) groups excluding carboxylic acids is 1. The first-order valence-corrected chi connectivity index (χ1v) is 10.3. The summed E-state index contributed by atoms with van der Waals surface area (Å²) >= 11 is 1.78. The third kappa shape index (κ3) is 2.72. The van der Waals surface area contributed by atoms with Gasteiger partial charge in [-0.1, -0.05) is 24.3 Å². The lowest BCUT2D eigenvalue weighted by Gasteiger charge is -2.32. The van der Waals surface area contributed by atoms with Crippen LogP contribution in [0.1, 0.15) is 15.9 Å². The SMILES string of the molecule is O=C1c2cccc3cccc(c23)N1C[NH+]1CC[NH+](Cc2ccsc2)CC1. The molecule has 0 radical (unpaired) electrons. The first kappa shape index (κ1) is 16.0. The first-order valence-electron chi connectivity index (χ1n) is 9.31. The Bertz CT molecular complexity index is 940. The normalized spacial score (nSPS) is 22.3. The lowest BCUT2D eigenvalue weighted by atomic mass is 10.1. The molecule has 4 nitrogen and oxygen atoms in total. The molecule has 2 N–H and O–H groups in total. The number of hydrogen-bond acceptors (Lipinski definition) is 2. The van der Waals surface area contributed by atoms with E-state index in [-0.39, 0.29) is 5.91 Å². The molecule has 0 unspecified atom stereocenters. The maximum atomic E-state index is 12.9. The van der Waals surface area contributed by atoms with Crippen molar-refractivity contribution in [1.82, 2.24) is 0 Å². The molecule has 5 rings (SSSR count). The van der Waals surface area contributed by atoms with Crippen LogP contribution in [-0.4, -0.2) is 38.8 Å². The molecular formula is C21H23N3OS+2. The highest BCUT2D eigenvalue weighted by atomic mass is 32.1. The van der Waals surface area contributed by atoms with E-state index in [1.807, 2.05) is 17.0 Å². The summed E-state index contributed by atoms with van der Waals surface area (Å²) in [5.74, 6) is 0.164. The smallest absolute Gasteiger partial charge is 0.263 e. The minimum absolute atomic E-state index is 0.164. The van der Waals surface area contributed by atoms with Gasteiger partial charge in [0.15, 0.2) is 6.67 Å². The van der Waals surface area contributed by atoms with E-state index < -0.39 is 0 Å². The second-order valence-corrected chi connectivity index (χ2v) is 8.16. The van der Waals surface area contributed by atoms with Crippen molar-refractivity contribution in [3.63, 3.8) is 0 Å². The third-order valence-corrected chi connectivity index (χ3v) is 6.46. The summed E-state index contributed by atoms with van der Waals surface area (Å²) < 4.78 is 0. The molecule has 0 spiro atoms. The lowest BCUT2D eigenvalue weighted by Crippen LogP contribution is -3.28. The minimum atomic E-state index is 0.164. The predicted molar refractivity (Wildman–Crippen MR) is 105 cm³/mol. The first-order chi connectivity index (χ1) is 12.8. The quantitative estimate of drug-likeness (QED) is 0.704. The van der Waals surface area contributed by atoms with Gasteiger partial charge in [-0.25, -0.2) is 0 Å². The molecule has 2 aliphatic heterocycles. The molecular weight excluding hydrogens is 342 g/mol. The molecule has 132 valence electrons. The Labute approximate surface area is 157 Å². The Kier molecular flexibility index (Phi) is 4.00. The zero-order chi connectivity index (χ0) is 17.5. The van der Waals surface area contributed by atoms with Gasteiger partial charge >= 0.3 is 0 Å². The van der Waals surface area contributed by atoms with Crippen molar-refractivity contribution in [3.05, 3.63) is 64.4 Å². The standard InChI is InChI=1S/C21H21N3OS/c25-21-18-5-1-3-17-4-2-6-19(20(17)18)24(21)15-23-10-8-22(9-11-23)13-16-7-12-26-14-16/h1-7,12,14H,8-11,13,15H2/p+2. The van der Waals surface area contributed by atoms with Crippen LogP contribution in [0.25, 0.3) is 10.8 Å². The van der Waals surface area contributed by atoms with Crippen molar-refractivity contribution in [1.29, 1.82) is 0 Å². The largest absolute Gasteiger partial charge is 0.322 e. The Balaban J connectivity index is 1.28. The van der Waals surface area contributed by atoms with Crippen LogP contribution < -0.4 is 14.7 Å². The molecule has 3 heterocycles. The second-order valence-electron chi connectivity index (χ2n) is 7.38. The van der Waals surface area contributed by atoms with Gasteiger partial charge in [-0.3, -0.25) is 9.69 Å². The fourth-order valence-electron chi connectivity index (χ4n) is 4.33. The minimum Gasteiger partial charge on any atom is -0.322 e. The number of benzene rings is 2. The van der Waals surface area contributed by atoms with Gasteiger partial charge in [-0.05, 0) is 34.3 Å². The van der Waals surface area contributed by atoms with Crippen molar-refractivity contribution in [2.24, 2.45) is 0 Å².